The molecule has 8 heteroatoms. The van der Waals surface area contributed by atoms with Crippen LogP contribution in [0.25, 0.3) is 11.1 Å². The standard InChI is InChI=1S/C19H25ClN4O3/c20-15-1-2-16-17(13-15)27-19(22-16)24-6-3-14(4-7-24)18(25)21-5-8-23-9-11-26-12-10-23/h1-2,13-14H,3-12H2,(H,21,25). The van der Waals surface area contributed by atoms with Crippen molar-refractivity contribution >= 4 is 34.6 Å². The number of benzene rings is 1. The van der Waals surface area contributed by atoms with Gasteiger partial charge in [0.2, 0.25) is 5.91 Å². The Labute approximate surface area is 163 Å². The number of oxazole rings is 1. The molecule has 2 aromatic rings. The maximum atomic E-state index is 12.4. The van der Waals surface area contributed by atoms with Gasteiger partial charge in [0.25, 0.3) is 6.01 Å². The molecule has 146 valence electrons. The van der Waals surface area contributed by atoms with Crippen molar-refractivity contribution < 1.29 is 13.9 Å². The summed E-state index contributed by atoms with van der Waals surface area (Å²) in [4.78, 5) is 21.4. The third-order valence-corrected chi connectivity index (χ3v) is 5.54. The third-order valence-electron chi connectivity index (χ3n) is 5.31. The van der Waals surface area contributed by atoms with E-state index in [-0.39, 0.29) is 11.8 Å². The molecule has 1 N–H and O–H groups in total. The second kappa shape index (κ2) is 8.46. The predicted octanol–water partition coefficient (Wildman–Crippen LogP) is 2.15. The monoisotopic (exact) mass is 392 g/mol. The van der Waals surface area contributed by atoms with Gasteiger partial charge in [-0.05, 0) is 25.0 Å². The first kappa shape index (κ1) is 18.5. The molecular weight excluding hydrogens is 368 g/mol. The fraction of sp³-hybridized carbons (Fsp3) is 0.579. The normalized spacial score (nSPS) is 19.5. The lowest BCUT2D eigenvalue weighted by molar-refractivity contribution is -0.125. The van der Waals surface area contributed by atoms with Gasteiger partial charge in [-0.25, -0.2) is 0 Å². The topological polar surface area (TPSA) is 70.8 Å². The van der Waals surface area contributed by atoms with Crippen molar-refractivity contribution in [2.24, 2.45) is 5.92 Å². The van der Waals surface area contributed by atoms with E-state index in [9.17, 15) is 4.79 Å². The Morgan fingerprint density at radius 3 is 2.78 bits per heavy atom. The number of piperidine rings is 1. The van der Waals surface area contributed by atoms with E-state index in [0.717, 1.165) is 64.3 Å². The van der Waals surface area contributed by atoms with Crippen molar-refractivity contribution in [2.45, 2.75) is 12.8 Å². The lowest BCUT2D eigenvalue weighted by atomic mass is 9.96. The highest BCUT2D eigenvalue weighted by molar-refractivity contribution is 6.31. The molecule has 2 aliphatic rings. The summed E-state index contributed by atoms with van der Waals surface area (Å²) >= 11 is 6.00. The van der Waals surface area contributed by atoms with Gasteiger partial charge in [0.15, 0.2) is 5.58 Å². The Bertz CT molecular complexity index is 782. The summed E-state index contributed by atoms with van der Waals surface area (Å²) in [6.07, 6.45) is 1.62. The van der Waals surface area contributed by atoms with E-state index in [1.807, 2.05) is 12.1 Å². The van der Waals surface area contributed by atoms with Crippen LogP contribution in [0.5, 0.6) is 0 Å². The van der Waals surface area contributed by atoms with Crippen molar-refractivity contribution in [1.29, 1.82) is 0 Å². The predicted molar refractivity (Wildman–Crippen MR) is 104 cm³/mol. The number of ether oxygens (including phenoxy) is 1. The molecule has 3 heterocycles. The molecule has 1 aromatic carbocycles. The Morgan fingerprint density at radius 2 is 2.00 bits per heavy atom. The third kappa shape index (κ3) is 4.54. The zero-order chi connectivity index (χ0) is 18.6. The van der Waals surface area contributed by atoms with Gasteiger partial charge in [0, 0.05) is 56.3 Å². The largest absolute Gasteiger partial charge is 0.423 e. The van der Waals surface area contributed by atoms with Gasteiger partial charge < -0.3 is 19.4 Å². The van der Waals surface area contributed by atoms with Crippen LogP contribution in [-0.4, -0.2) is 68.3 Å². The number of carbonyl (C=O) groups excluding carboxylic acids is 1. The molecule has 2 aliphatic heterocycles. The van der Waals surface area contributed by atoms with Crippen LogP contribution < -0.4 is 10.2 Å². The number of halogens is 1. The number of nitrogens with zero attached hydrogens (tertiary/aromatic N) is 3. The average Bonchev–Trinajstić information content (AvgIpc) is 3.12. The van der Waals surface area contributed by atoms with Crippen molar-refractivity contribution in [2.75, 3.05) is 57.4 Å². The molecule has 0 aliphatic carbocycles. The van der Waals surface area contributed by atoms with Gasteiger partial charge in [0.05, 0.1) is 13.2 Å². The molecule has 0 unspecified atom stereocenters. The van der Waals surface area contributed by atoms with E-state index in [1.54, 1.807) is 6.07 Å². The van der Waals surface area contributed by atoms with Crippen LogP contribution in [0.2, 0.25) is 5.02 Å². The number of amides is 1. The molecule has 1 amide bonds. The van der Waals surface area contributed by atoms with Crippen LogP contribution in [0.15, 0.2) is 22.6 Å². The van der Waals surface area contributed by atoms with Crippen LogP contribution in [0.4, 0.5) is 6.01 Å². The Morgan fingerprint density at radius 1 is 1.22 bits per heavy atom. The highest BCUT2D eigenvalue weighted by atomic mass is 35.5. The minimum atomic E-state index is 0.0600. The fourth-order valence-corrected chi connectivity index (χ4v) is 3.82. The number of hydrogen-bond acceptors (Lipinski definition) is 6. The van der Waals surface area contributed by atoms with Crippen LogP contribution in [0.1, 0.15) is 12.8 Å². The summed E-state index contributed by atoms with van der Waals surface area (Å²) in [6, 6.07) is 6.06. The van der Waals surface area contributed by atoms with Crippen molar-refractivity contribution in [1.82, 2.24) is 15.2 Å². The maximum absolute atomic E-state index is 12.4. The van der Waals surface area contributed by atoms with Gasteiger partial charge >= 0.3 is 0 Å². The molecular formula is C19H25ClN4O3. The summed E-state index contributed by atoms with van der Waals surface area (Å²) in [5.41, 5.74) is 1.50. The van der Waals surface area contributed by atoms with E-state index < -0.39 is 0 Å². The zero-order valence-electron chi connectivity index (χ0n) is 15.3. The molecule has 7 nitrogen and oxygen atoms in total. The van der Waals surface area contributed by atoms with E-state index in [0.29, 0.717) is 23.2 Å². The van der Waals surface area contributed by atoms with E-state index in [4.69, 9.17) is 20.8 Å². The van der Waals surface area contributed by atoms with Crippen molar-refractivity contribution in [3.63, 3.8) is 0 Å². The molecule has 1 aromatic heterocycles. The minimum absolute atomic E-state index is 0.0600. The molecule has 2 saturated heterocycles. The highest BCUT2D eigenvalue weighted by Crippen LogP contribution is 2.28. The molecule has 0 bridgehead atoms. The molecule has 27 heavy (non-hydrogen) atoms. The lowest BCUT2D eigenvalue weighted by Gasteiger charge is -2.30. The summed E-state index contributed by atoms with van der Waals surface area (Å²) in [5, 5.41) is 3.73. The van der Waals surface area contributed by atoms with Gasteiger partial charge in [-0.15, -0.1) is 0 Å². The summed E-state index contributed by atoms with van der Waals surface area (Å²) in [7, 11) is 0. The quantitative estimate of drug-likeness (QED) is 0.840. The molecule has 4 rings (SSSR count). The first-order chi connectivity index (χ1) is 13.2. The number of morpholine rings is 1. The second-order valence-electron chi connectivity index (χ2n) is 7.11. The number of aromatic nitrogens is 1. The van der Waals surface area contributed by atoms with Crippen LogP contribution in [-0.2, 0) is 9.53 Å². The second-order valence-corrected chi connectivity index (χ2v) is 7.55. The highest BCUT2D eigenvalue weighted by Gasteiger charge is 2.27. The lowest BCUT2D eigenvalue weighted by Crippen LogP contribution is -2.44. The van der Waals surface area contributed by atoms with Gasteiger partial charge in [0.1, 0.15) is 5.52 Å². The van der Waals surface area contributed by atoms with E-state index in [1.165, 1.54) is 0 Å². The Kier molecular flexibility index (Phi) is 5.80. The summed E-state index contributed by atoms with van der Waals surface area (Å²) in [6.45, 7) is 6.59. The number of anilines is 1. The molecule has 0 spiro atoms. The van der Waals surface area contributed by atoms with Gasteiger partial charge in [-0.1, -0.05) is 11.6 Å². The SMILES string of the molecule is O=C(NCCN1CCOCC1)C1CCN(c2nc3ccc(Cl)cc3o2)CC1. The van der Waals surface area contributed by atoms with Crippen LogP contribution in [0.3, 0.4) is 0 Å². The molecule has 0 atom stereocenters. The number of nitrogens with one attached hydrogen (secondary N) is 1. The number of hydrogen-bond donors (Lipinski definition) is 1. The summed E-state index contributed by atoms with van der Waals surface area (Å²) < 4.78 is 11.2. The maximum Gasteiger partial charge on any atom is 0.298 e. The van der Waals surface area contributed by atoms with Gasteiger partial charge in [-0.3, -0.25) is 9.69 Å². The van der Waals surface area contributed by atoms with Crippen molar-refractivity contribution in [3.8, 4) is 0 Å². The van der Waals surface area contributed by atoms with Gasteiger partial charge in [-0.2, -0.15) is 4.98 Å². The number of carbonyl (C=O) groups is 1. The summed E-state index contributed by atoms with van der Waals surface area (Å²) in [5.74, 6) is 0.219. The van der Waals surface area contributed by atoms with Crippen LogP contribution >= 0.6 is 11.6 Å². The minimum Gasteiger partial charge on any atom is -0.423 e. The first-order valence-electron chi connectivity index (χ1n) is 9.58. The Hall–Kier alpha value is -1.83. The molecule has 0 saturated carbocycles. The zero-order valence-corrected chi connectivity index (χ0v) is 16.1. The number of fused-ring (bicyclic) bond motifs is 1. The average molecular weight is 393 g/mol. The molecule has 2 fully saturated rings. The van der Waals surface area contributed by atoms with Crippen molar-refractivity contribution in [3.05, 3.63) is 23.2 Å². The number of rotatable bonds is 5. The van der Waals surface area contributed by atoms with E-state index in [2.05, 4.69) is 20.1 Å². The molecule has 0 radical (unpaired) electrons. The first-order valence-corrected chi connectivity index (χ1v) is 9.96. The Balaban J connectivity index is 1.24. The van der Waals surface area contributed by atoms with E-state index >= 15 is 0 Å². The smallest absolute Gasteiger partial charge is 0.298 e. The van der Waals surface area contributed by atoms with Crippen LogP contribution in [0, 0.1) is 5.92 Å². The fourth-order valence-electron chi connectivity index (χ4n) is 3.66.